The first kappa shape index (κ1) is 12.0. The van der Waals surface area contributed by atoms with Crippen LogP contribution in [-0.4, -0.2) is 29.0 Å². The van der Waals surface area contributed by atoms with Gasteiger partial charge in [0.2, 0.25) is 5.91 Å². The first-order chi connectivity index (χ1) is 8.02. The highest BCUT2D eigenvalue weighted by Crippen LogP contribution is 2.34. The van der Waals surface area contributed by atoms with Crippen LogP contribution in [-0.2, 0) is 4.79 Å². The van der Waals surface area contributed by atoms with Crippen molar-refractivity contribution in [3.8, 4) is 5.75 Å². The van der Waals surface area contributed by atoms with Gasteiger partial charge >= 0.3 is 0 Å². The number of aromatic hydroxyl groups is 1. The SMILES string of the molecule is CC(C)c1cccc(C(C)C(=O)N2CC2)c1O. The Kier molecular flexibility index (Phi) is 3.09. The number of para-hydroxylation sites is 1. The highest BCUT2D eigenvalue weighted by Gasteiger charge is 2.30. The van der Waals surface area contributed by atoms with E-state index in [2.05, 4.69) is 0 Å². The first-order valence-corrected chi connectivity index (χ1v) is 6.13. The molecule has 1 aliphatic rings. The van der Waals surface area contributed by atoms with Gasteiger partial charge < -0.3 is 10.0 Å². The predicted octanol–water partition coefficient (Wildman–Crippen LogP) is 2.46. The number of phenols is 1. The number of benzene rings is 1. The van der Waals surface area contributed by atoms with Gasteiger partial charge in [0.1, 0.15) is 5.75 Å². The predicted molar refractivity (Wildman–Crippen MR) is 67.2 cm³/mol. The van der Waals surface area contributed by atoms with E-state index in [0.717, 1.165) is 24.2 Å². The van der Waals surface area contributed by atoms with Crippen LogP contribution in [0.1, 0.15) is 43.7 Å². The van der Waals surface area contributed by atoms with Crippen LogP contribution in [0.5, 0.6) is 5.75 Å². The summed E-state index contributed by atoms with van der Waals surface area (Å²) in [7, 11) is 0. The molecule has 0 bridgehead atoms. The van der Waals surface area contributed by atoms with Gasteiger partial charge in [-0.2, -0.15) is 0 Å². The minimum absolute atomic E-state index is 0.112. The smallest absolute Gasteiger partial charge is 0.230 e. The molecule has 1 N–H and O–H groups in total. The number of carbonyl (C=O) groups excluding carboxylic acids is 1. The molecule has 1 amide bonds. The summed E-state index contributed by atoms with van der Waals surface area (Å²) >= 11 is 0. The summed E-state index contributed by atoms with van der Waals surface area (Å²) in [5.74, 6) is 0.404. The fraction of sp³-hybridized carbons (Fsp3) is 0.500. The Morgan fingerprint density at radius 2 is 1.82 bits per heavy atom. The molecule has 1 saturated heterocycles. The molecule has 2 rings (SSSR count). The van der Waals surface area contributed by atoms with E-state index < -0.39 is 0 Å². The van der Waals surface area contributed by atoms with E-state index in [1.165, 1.54) is 0 Å². The van der Waals surface area contributed by atoms with Crippen LogP contribution in [0.2, 0.25) is 0 Å². The molecule has 92 valence electrons. The van der Waals surface area contributed by atoms with Gasteiger partial charge in [0.15, 0.2) is 0 Å². The summed E-state index contributed by atoms with van der Waals surface area (Å²) in [5.41, 5.74) is 1.65. The van der Waals surface area contributed by atoms with Crippen molar-refractivity contribution < 1.29 is 9.90 Å². The van der Waals surface area contributed by atoms with Crippen molar-refractivity contribution in [2.45, 2.75) is 32.6 Å². The van der Waals surface area contributed by atoms with Crippen molar-refractivity contribution in [3.05, 3.63) is 29.3 Å². The van der Waals surface area contributed by atoms with Crippen molar-refractivity contribution >= 4 is 5.91 Å². The molecule has 1 heterocycles. The lowest BCUT2D eigenvalue weighted by molar-refractivity contribution is -0.126. The van der Waals surface area contributed by atoms with Crippen molar-refractivity contribution in [1.82, 2.24) is 4.90 Å². The molecule has 1 aromatic carbocycles. The molecule has 0 radical (unpaired) electrons. The summed E-state index contributed by atoms with van der Waals surface area (Å²) < 4.78 is 0. The average Bonchev–Trinajstić information content (AvgIpc) is 3.11. The van der Waals surface area contributed by atoms with Crippen LogP contribution in [0.25, 0.3) is 0 Å². The van der Waals surface area contributed by atoms with Gasteiger partial charge in [-0.15, -0.1) is 0 Å². The van der Waals surface area contributed by atoms with Gasteiger partial charge in [0.25, 0.3) is 0 Å². The number of carbonyl (C=O) groups is 1. The lowest BCUT2D eigenvalue weighted by Crippen LogP contribution is -2.18. The molecular formula is C14H19NO2. The number of rotatable bonds is 3. The molecule has 3 nitrogen and oxygen atoms in total. The van der Waals surface area contributed by atoms with Crippen molar-refractivity contribution in [1.29, 1.82) is 0 Å². The number of phenolic OH excluding ortho intramolecular Hbond substituents is 1. The number of hydrogen-bond donors (Lipinski definition) is 1. The molecule has 3 heteroatoms. The van der Waals surface area contributed by atoms with Crippen LogP contribution in [0.15, 0.2) is 18.2 Å². The van der Waals surface area contributed by atoms with Crippen LogP contribution in [0.4, 0.5) is 0 Å². The maximum Gasteiger partial charge on any atom is 0.230 e. The minimum Gasteiger partial charge on any atom is -0.507 e. The van der Waals surface area contributed by atoms with Gasteiger partial charge in [-0.1, -0.05) is 32.0 Å². The summed E-state index contributed by atoms with van der Waals surface area (Å²) in [6, 6.07) is 5.67. The number of amides is 1. The van der Waals surface area contributed by atoms with E-state index in [1.807, 2.05) is 39.0 Å². The Morgan fingerprint density at radius 1 is 1.24 bits per heavy atom. The third-order valence-electron chi connectivity index (χ3n) is 3.32. The third kappa shape index (κ3) is 2.28. The van der Waals surface area contributed by atoms with Gasteiger partial charge in [0.05, 0.1) is 5.92 Å². The van der Waals surface area contributed by atoms with Gasteiger partial charge in [0, 0.05) is 18.7 Å². The number of nitrogens with zero attached hydrogens (tertiary/aromatic N) is 1. The van der Waals surface area contributed by atoms with E-state index in [1.54, 1.807) is 4.90 Å². The second kappa shape index (κ2) is 4.40. The van der Waals surface area contributed by atoms with E-state index in [0.29, 0.717) is 0 Å². The summed E-state index contributed by atoms with van der Waals surface area (Å²) in [6.45, 7) is 7.65. The minimum atomic E-state index is -0.254. The fourth-order valence-corrected chi connectivity index (χ4v) is 2.07. The molecule has 1 aliphatic heterocycles. The molecular weight excluding hydrogens is 214 g/mol. The zero-order valence-electron chi connectivity index (χ0n) is 10.6. The Labute approximate surface area is 102 Å². The number of hydrogen-bond acceptors (Lipinski definition) is 2. The van der Waals surface area contributed by atoms with Crippen LogP contribution in [0.3, 0.4) is 0 Å². The molecule has 0 saturated carbocycles. The van der Waals surface area contributed by atoms with E-state index in [4.69, 9.17) is 0 Å². The normalized spacial score (nSPS) is 16.1. The monoisotopic (exact) mass is 233 g/mol. The van der Waals surface area contributed by atoms with Crippen LogP contribution < -0.4 is 0 Å². The molecule has 0 aromatic heterocycles. The lowest BCUT2D eigenvalue weighted by atomic mass is 9.93. The molecule has 17 heavy (non-hydrogen) atoms. The van der Waals surface area contributed by atoms with Gasteiger partial charge in [-0.25, -0.2) is 0 Å². The van der Waals surface area contributed by atoms with Gasteiger partial charge in [-0.3, -0.25) is 4.79 Å². The zero-order valence-corrected chi connectivity index (χ0v) is 10.6. The molecule has 1 aromatic rings. The Balaban J connectivity index is 2.31. The second-order valence-corrected chi connectivity index (χ2v) is 4.99. The Morgan fingerprint density at radius 3 is 2.35 bits per heavy atom. The Bertz CT molecular complexity index is 436. The maximum atomic E-state index is 12.0. The Hall–Kier alpha value is -1.51. The molecule has 1 atom stereocenters. The largest absolute Gasteiger partial charge is 0.507 e. The highest BCUT2D eigenvalue weighted by atomic mass is 16.3. The van der Waals surface area contributed by atoms with E-state index >= 15 is 0 Å². The van der Waals surface area contributed by atoms with Gasteiger partial charge in [-0.05, 0) is 18.4 Å². The summed E-state index contributed by atoms with van der Waals surface area (Å²) in [5, 5.41) is 10.2. The summed E-state index contributed by atoms with van der Waals surface area (Å²) in [6.07, 6.45) is 0. The van der Waals surface area contributed by atoms with Crippen molar-refractivity contribution in [2.24, 2.45) is 0 Å². The van der Waals surface area contributed by atoms with Crippen molar-refractivity contribution in [2.75, 3.05) is 13.1 Å². The topological polar surface area (TPSA) is 40.3 Å². The highest BCUT2D eigenvalue weighted by molar-refractivity contribution is 5.85. The first-order valence-electron chi connectivity index (χ1n) is 6.13. The average molecular weight is 233 g/mol. The van der Waals surface area contributed by atoms with E-state index in [-0.39, 0.29) is 23.5 Å². The van der Waals surface area contributed by atoms with Crippen LogP contribution >= 0.6 is 0 Å². The molecule has 0 aliphatic carbocycles. The molecule has 0 spiro atoms. The molecule has 1 fully saturated rings. The quantitative estimate of drug-likeness (QED) is 0.815. The lowest BCUT2D eigenvalue weighted by Gasteiger charge is -2.17. The van der Waals surface area contributed by atoms with Crippen LogP contribution in [0, 0.1) is 0 Å². The maximum absolute atomic E-state index is 12.0. The molecule has 1 unspecified atom stereocenters. The van der Waals surface area contributed by atoms with Crippen molar-refractivity contribution in [3.63, 3.8) is 0 Å². The summed E-state index contributed by atoms with van der Waals surface area (Å²) in [4.78, 5) is 13.8. The third-order valence-corrected chi connectivity index (χ3v) is 3.32. The fourth-order valence-electron chi connectivity index (χ4n) is 2.07. The van der Waals surface area contributed by atoms with E-state index in [9.17, 15) is 9.90 Å². The standard InChI is InChI=1S/C14H19NO2/c1-9(2)11-5-4-6-12(13(11)16)10(3)14(17)15-7-8-15/h4-6,9-10,16H,7-8H2,1-3H3. The second-order valence-electron chi connectivity index (χ2n) is 4.99. The zero-order chi connectivity index (χ0) is 12.6.